The van der Waals surface area contributed by atoms with Gasteiger partial charge in [-0.25, -0.2) is 0 Å². The average Bonchev–Trinajstić information content (AvgIpc) is 3.13. The van der Waals surface area contributed by atoms with Crippen molar-refractivity contribution in [2.24, 2.45) is 22.9 Å². The number of nitrogens with zero attached hydrogens (tertiary/aromatic N) is 2. The lowest BCUT2D eigenvalue weighted by molar-refractivity contribution is -0.0851. The fourth-order valence-electron chi connectivity index (χ4n) is 7.17. The number of hydrogen-bond acceptors (Lipinski definition) is 2. The van der Waals surface area contributed by atoms with E-state index >= 15 is 0 Å². The van der Waals surface area contributed by atoms with E-state index in [1.807, 2.05) is 0 Å². The third kappa shape index (κ3) is 2.80. The Balaban J connectivity index is 1.34. The number of rotatable bonds is 4. The Kier molecular flexibility index (Phi) is 3.89. The SMILES string of the molecule is c1ccc(CC2=NN(C34CC5CC(CC(C5)C3)C4)CC2c2ccccc2)cc1. The van der Waals surface area contributed by atoms with E-state index in [0.717, 1.165) is 30.7 Å². The maximum Gasteiger partial charge on any atom is 0.0587 e. The van der Waals surface area contributed by atoms with Gasteiger partial charge >= 0.3 is 0 Å². The zero-order valence-electron chi connectivity index (χ0n) is 16.6. The number of benzene rings is 2. The van der Waals surface area contributed by atoms with Crippen LogP contribution in [-0.4, -0.2) is 22.8 Å². The molecule has 0 spiro atoms. The minimum atomic E-state index is 0.361. The molecular formula is C26H30N2. The molecule has 4 aliphatic carbocycles. The van der Waals surface area contributed by atoms with Crippen LogP contribution in [0.15, 0.2) is 65.8 Å². The van der Waals surface area contributed by atoms with Gasteiger partial charge in [0.1, 0.15) is 0 Å². The van der Waals surface area contributed by atoms with E-state index in [9.17, 15) is 0 Å². The van der Waals surface area contributed by atoms with E-state index in [2.05, 4.69) is 65.7 Å². The van der Waals surface area contributed by atoms with Crippen LogP contribution >= 0.6 is 0 Å². The smallest absolute Gasteiger partial charge is 0.0587 e. The van der Waals surface area contributed by atoms with E-state index in [-0.39, 0.29) is 0 Å². The molecule has 0 saturated heterocycles. The van der Waals surface area contributed by atoms with E-state index in [1.54, 1.807) is 0 Å². The van der Waals surface area contributed by atoms with Crippen molar-refractivity contribution >= 4 is 5.71 Å². The second kappa shape index (κ2) is 6.47. The van der Waals surface area contributed by atoms with E-state index in [0.29, 0.717) is 11.5 Å². The highest BCUT2D eigenvalue weighted by Gasteiger charge is 2.55. The van der Waals surface area contributed by atoms with Gasteiger partial charge in [0.2, 0.25) is 0 Å². The van der Waals surface area contributed by atoms with Gasteiger partial charge < -0.3 is 0 Å². The van der Waals surface area contributed by atoms with Gasteiger partial charge in [-0.3, -0.25) is 5.01 Å². The topological polar surface area (TPSA) is 15.6 Å². The molecular weight excluding hydrogens is 340 g/mol. The normalized spacial score (nSPS) is 36.0. The molecule has 1 unspecified atom stereocenters. The highest BCUT2D eigenvalue weighted by molar-refractivity contribution is 5.94. The molecule has 28 heavy (non-hydrogen) atoms. The van der Waals surface area contributed by atoms with E-state index in [4.69, 9.17) is 5.10 Å². The molecule has 2 heteroatoms. The average molecular weight is 371 g/mol. The molecule has 4 fully saturated rings. The highest BCUT2D eigenvalue weighted by atomic mass is 15.5. The molecule has 4 bridgehead atoms. The summed E-state index contributed by atoms with van der Waals surface area (Å²) in [6.45, 7) is 1.08. The summed E-state index contributed by atoms with van der Waals surface area (Å²) < 4.78 is 0. The van der Waals surface area contributed by atoms with Gasteiger partial charge in [-0.2, -0.15) is 5.10 Å². The third-order valence-corrected chi connectivity index (χ3v) is 7.99. The summed E-state index contributed by atoms with van der Waals surface area (Å²) in [4.78, 5) is 0. The zero-order chi connectivity index (χ0) is 18.6. The lowest BCUT2D eigenvalue weighted by Gasteiger charge is -2.59. The Labute approximate surface area is 168 Å². The van der Waals surface area contributed by atoms with Crippen LogP contribution in [0.2, 0.25) is 0 Å². The second-order valence-electron chi connectivity index (χ2n) is 9.94. The third-order valence-electron chi connectivity index (χ3n) is 7.99. The summed E-state index contributed by atoms with van der Waals surface area (Å²) in [5, 5.41) is 7.97. The Morgan fingerprint density at radius 1 is 0.786 bits per heavy atom. The van der Waals surface area contributed by atoms with Gasteiger partial charge in [-0.15, -0.1) is 0 Å². The summed E-state index contributed by atoms with van der Waals surface area (Å²) in [5.41, 5.74) is 4.55. The monoisotopic (exact) mass is 370 g/mol. The molecule has 2 nitrogen and oxygen atoms in total. The molecule has 0 amide bonds. The second-order valence-corrected chi connectivity index (χ2v) is 9.94. The molecule has 2 aromatic rings. The minimum absolute atomic E-state index is 0.361. The Hall–Kier alpha value is -2.09. The van der Waals surface area contributed by atoms with Crippen LogP contribution < -0.4 is 0 Å². The molecule has 5 aliphatic rings. The van der Waals surface area contributed by atoms with Crippen LogP contribution in [0.5, 0.6) is 0 Å². The standard InChI is InChI=1S/C26H30N2/c1-3-7-19(8-4-1)14-25-24(23-9-5-2-6-10-23)18-28(27-25)26-15-20-11-21(16-26)13-22(12-20)17-26/h1-10,20-22,24H,11-18H2. The Morgan fingerprint density at radius 2 is 1.36 bits per heavy atom. The summed E-state index contributed by atoms with van der Waals surface area (Å²) in [6, 6.07) is 22.0. The largest absolute Gasteiger partial charge is 0.290 e. The predicted octanol–water partition coefficient (Wildman–Crippen LogP) is 5.65. The van der Waals surface area contributed by atoms with Crippen LogP contribution in [0.1, 0.15) is 55.6 Å². The van der Waals surface area contributed by atoms with Gasteiger partial charge in [0.15, 0.2) is 0 Å². The number of hydrogen-bond donors (Lipinski definition) is 0. The predicted molar refractivity (Wildman–Crippen MR) is 114 cm³/mol. The molecule has 7 rings (SSSR count). The van der Waals surface area contributed by atoms with Gasteiger partial charge in [-0.05, 0) is 67.4 Å². The molecule has 1 atom stereocenters. The first-order chi connectivity index (χ1) is 13.8. The van der Waals surface area contributed by atoms with Gasteiger partial charge in [0.25, 0.3) is 0 Å². The van der Waals surface area contributed by atoms with Crippen molar-refractivity contribution in [2.75, 3.05) is 6.54 Å². The summed E-state index contributed by atoms with van der Waals surface area (Å²) in [7, 11) is 0. The first-order valence-electron chi connectivity index (χ1n) is 11.2. The zero-order valence-corrected chi connectivity index (χ0v) is 16.6. The molecule has 1 heterocycles. The van der Waals surface area contributed by atoms with Crippen LogP contribution in [0.25, 0.3) is 0 Å². The molecule has 2 aromatic carbocycles. The van der Waals surface area contributed by atoms with E-state index in [1.165, 1.54) is 55.4 Å². The van der Waals surface area contributed by atoms with Crippen molar-refractivity contribution in [1.82, 2.24) is 5.01 Å². The summed E-state index contributed by atoms with van der Waals surface area (Å²) in [6.07, 6.45) is 9.64. The van der Waals surface area contributed by atoms with Crippen LogP contribution in [0.3, 0.4) is 0 Å². The molecule has 0 radical (unpaired) electrons. The van der Waals surface area contributed by atoms with Crippen molar-refractivity contribution in [3.63, 3.8) is 0 Å². The lowest BCUT2D eigenvalue weighted by atomic mass is 9.52. The molecule has 0 N–H and O–H groups in total. The van der Waals surface area contributed by atoms with Crippen molar-refractivity contribution in [3.05, 3.63) is 71.8 Å². The maximum atomic E-state index is 5.38. The van der Waals surface area contributed by atoms with Gasteiger partial charge in [0, 0.05) is 18.9 Å². The Bertz CT molecular complexity index is 835. The van der Waals surface area contributed by atoms with Gasteiger partial charge in [0.05, 0.1) is 11.3 Å². The lowest BCUT2D eigenvalue weighted by Crippen LogP contribution is -2.58. The van der Waals surface area contributed by atoms with Crippen LogP contribution in [0.4, 0.5) is 0 Å². The quantitative estimate of drug-likeness (QED) is 0.679. The van der Waals surface area contributed by atoms with Crippen molar-refractivity contribution < 1.29 is 0 Å². The molecule has 4 saturated carbocycles. The van der Waals surface area contributed by atoms with Crippen LogP contribution in [0, 0.1) is 17.8 Å². The van der Waals surface area contributed by atoms with Crippen molar-refractivity contribution in [3.8, 4) is 0 Å². The van der Waals surface area contributed by atoms with Crippen LogP contribution in [-0.2, 0) is 6.42 Å². The van der Waals surface area contributed by atoms with E-state index < -0.39 is 0 Å². The number of hydrazone groups is 1. The van der Waals surface area contributed by atoms with Gasteiger partial charge in [-0.1, -0.05) is 60.7 Å². The van der Waals surface area contributed by atoms with Crippen molar-refractivity contribution in [1.29, 1.82) is 0 Å². The molecule has 1 aliphatic heterocycles. The Morgan fingerprint density at radius 3 is 1.96 bits per heavy atom. The molecule has 144 valence electrons. The first-order valence-corrected chi connectivity index (χ1v) is 11.2. The highest BCUT2D eigenvalue weighted by Crippen LogP contribution is 2.58. The fourth-order valence-corrected chi connectivity index (χ4v) is 7.17. The fraction of sp³-hybridized carbons (Fsp3) is 0.500. The summed E-state index contributed by atoms with van der Waals surface area (Å²) >= 11 is 0. The molecule has 0 aromatic heterocycles. The summed E-state index contributed by atoms with van der Waals surface area (Å²) in [5.74, 6) is 3.34. The maximum absolute atomic E-state index is 5.38. The minimum Gasteiger partial charge on any atom is -0.290 e. The first kappa shape index (κ1) is 16.8. The van der Waals surface area contributed by atoms with Crippen molar-refractivity contribution in [2.45, 2.75) is 56.4 Å².